The van der Waals surface area contributed by atoms with E-state index in [4.69, 9.17) is 0 Å². The van der Waals surface area contributed by atoms with Crippen molar-refractivity contribution in [1.29, 1.82) is 0 Å². The molecule has 88 valence electrons. The summed E-state index contributed by atoms with van der Waals surface area (Å²) in [4.78, 5) is 18.2. The molecule has 0 radical (unpaired) electrons. The highest BCUT2D eigenvalue weighted by atomic mass is 32.1. The molecular formula is C10H10N4O2S. The summed E-state index contributed by atoms with van der Waals surface area (Å²) in [6.45, 7) is 2.42. The van der Waals surface area contributed by atoms with E-state index in [9.17, 15) is 10.1 Å². The molecule has 6 nitrogen and oxygen atoms in total. The largest absolute Gasteiger partial charge is 0.356 e. The molecule has 0 unspecified atom stereocenters. The Balaban J connectivity index is 2.00. The van der Waals surface area contributed by atoms with Crippen LogP contribution in [0, 0.1) is 17.0 Å². The van der Waals surface area contributed by atoms with Gasteiger partial charge in [0.2, 0.25) is 0 Å². The van der Waals surface area contributed by atoms with Crippen LogP contribution in [0.3, 0.4) is 0 Å². The van der Waals surface area contributed by atoms with Gasteiger partial charge in [0.25, 0.3) is 0 Å². The van der Waals surface area contributed by atoms with Crippen LogP contribution in [-0.4, -0.2) is 14.9 Å². The van der Waals surface area contributed by atoms with Crippen LogP contribution >= 0.6 is 11.3 Å². The fourth-order valence-electron chi connectivity index (χ4n) is 1.30. The molecule has 0 saturated carbocycles. The molecule has 2 aromatic rings. The number of rotatable bonds is 4. The Morgan fingerprint density at radius 2 is 2.35 bits per heavy atom. The summed E-state index contributed by atoms with van der Waals surface area (Å²) in [6.07, 6.45) is 1.25. The lowest BCUT2D eigenvalue weighted by molar-refractivity contribution is -0.380. The van der Waals surface area contributed by atoms with E-state index in [1.165, 1.54) is 6.20 Å². The molecule has 0 saturated heterocycles. The molecule has 2 heterocycles. The Hall–Kier alpha value is -2.02. The molecule has 0 aliphatic heterocycles. The zero-order chi connectivity index (χ0) is 12.3. The zero-order valence-electron chi connectivity index (χ0n) is 9.08. The number of thiazole rings is 1. The SMILES string of the molecule is Cc1cccc(CNc2ncc([N+](=O)[O-])s2)n1. The van der Waals surface area contributed by atoms with Gasteiger partial charge in [0.05, 0.1) is 17.2 Å². The molecule has 1 N–H and O–H groups in total. The van der Waals surface area contributed by atoms with Gasteiger partial charge < -0.3 is 5.32 Å². The summed E-state index contributed by atoms with van der Waals surface area (Å²) in [6, 6.07) is 5.73. The highest BCUT2D eigenvalue weighted by Crippen LogP contribution is 2.25. The van der Waals surface area contributed by atoms with Gasteiger partial charge in [-0.25, -0.2) is 4.98 Å². The molecule has 0 fully saturated rings. The number of aryl methyl sites for hydroxylation is 1. The maximum absolute atomic E-state index is 10.5. The van der Waals surface area contributed by atoms with Crippen molar-refractivity contribution in [2.24, 2.45) is 0 Å². The molecule has 2 rings (SSSR count). The smallest absolute Gasteiger partial charge is 0.345 e. The van der Waals surface area contributed by atoms with Gasteiger partial charge in [0.15, 0.2) is 5.13 Å². The Kier molecular flexibility index (Phi) is 3.29. The minimum atomic E-state index is -0.451. The van der Waals surface area contributed by atoms with Crippen molar-refractivity contribution < 1.29 is 4.92 Å². The number of hydrogen-bond donors (Lipinski definition) is 1. The predicted molar refractivity (Wildman–Crippen MR) is 65.1 cm³/mol. The van der Waals surface area contributed by atoms with Crippen LogP contribution in [-0.2, 0) is 6.54 Å². The average Bonchev–Trinajstić information content (AvgIpc) is 2.75. The van der Waals surface area contributed by atoms with Crippen LogP contribution in [0.15, 0.2) is 24.4 Å². The first-order valence-electron chi connectivity index (χ1n) is 4.92. The summed E-state index contributed by atoms with van der Waals surface area (Å²) >= 11 is 1.02. The minimum absolute atomic E-state index is 0.0321. The van der Waals surface area contributed by atoms with Gasteiger partial charge in [-0.3, -0.25) is 15.1 Å². The quantitative estimate of drug-likeness (QED) is 0.665. The van der Waals surface area contributed by atoms with Gasteiger partial charge in [0, 0.05) is 5.69 Å². The molecule has 2 aromatic heterocycles. The number of nitro groups is 1. The van der Waals surface area contributed by atoms with Gasteiger partial charge in [-0.05, 0) is 30.4 Å². The lowest BCUT2D eigenvalue weighted by Gasteiger charge is -2.02. The second-order valence-electron chi connectivity index (χ2n) is 3.38. The summed E-state index contributed by atoms with van der Waals surface area (Å²) in [5.74, 6) is 0. The van der Waals surface area contributed by atoms with E-state index in [-0.39, 0.29) is 5.00 Å². The molecular weight excluding hydrogens is 240 g/mol. The van der Waals surface area contributed by atoms with E-state index in [1.807, 2.05) is 25.1 Å². The fourth-order valence-corrected chi connectivity index (χ4v) is 1.92. The Morgan fingerprint density at radius 3 is 3.00 bits per heavy atom. The van der Waals surface area contributed by atoms with E-state index in [2.05, 4.69) is 15.3 Å². The van der Waals surface area contributed by atoms with Crippen LogP contribution in [0.25, 0.3) is 0 Å². The number of nitrogens with zero attached hydrogens (tertiary/aromatic N) is 3. The Labute approximate surface area is 102 Å². The number of aromatic nitrogens is 2. The minimum Gasteiger partial charge on any atom is -0.356 e. The van der Waals surface area contributed by atoms with Crippen LogP contribution in [0.2, 0.25) is 0 Å². The van der Waals surface area contributed by atoms with Gasteiger partial charge in [-0.2, -0.15) is 0 Å². The molecule has 0 aromatic carbocycles. The number of hydrogen-bond acceptors (Lipinski definition) is 6. The summed E-state index contributed by atoms with van der Waals surface area (Å²) < 4.78 is 0. The lowest BCUT2D eigenvalue weighted by Crippen LogP contribution is -2.01. The molecule has 0 amide bonds. The van der Waals surface area contributed by atoms with E-state index in [0.29, 0.717) is 11.7 Å². The molecule has 0 atom stereocenters. The van der Waals surface area contributed by atoms with Crippen molar-refractivity contribution in [3.8, 4) is 0 Å². The summed E-state index contributed by atoms with van der Waals surface area (Å²) in [5.41, 5.74) is 1.82. The zero-order valence-corrected chi connectivity index (χ0v) is 9.90. The summed E-state index contributed by atoms with van der Waals surface area (Å²) in [5, 5.41) is 14.0. The van der Waals surface area contributed by atoms with Crippen LogP contribution in [0.4, 0.5) is 10.1 Å². The maximum atomic E-state index is 10.5. The maximum Gasteiger partial charge on any atom is 0.345 e. The first kappa shape index (κ1) is 11.5. The van der Waals surface area contributed by atoms with E-state index < -0.39 is 4.92 Å². The van der Waals surface area contributed by atoms with Crippen molar-refractivity contribution in [2.75, 3.05) is 5.32 Å². The van der Waals surface area contributed by atoms with E-state index in [1.54, 1.807) is 0 Å². The standard InChI is InChI=1S/C10H10N4O2S/c1-7-3-2-4-8(13-7)5-11-10-12-6-9(17-10)14(15)16/h2-4,6H,5H2,1H3,(H,11,12). The number of nitrogens with one attached hydrogen (secondary N) is 1. The van der Waals surface area contributed by atoms with Crippen molar-refractivity contribution in [1.82, 2.24) is 9.97 Å². The lowest BCUT2D eigenvalue weighted by atomic mass is 10.3. The average molecular weight is 250 g/mol. The third kappa shape index (κ3) is 2.97. The molecule has 0 aliphatic rings. The van der Waals surface area contributed by atoms with Gasteiger partial charge in [-0.15, -0.1) is 0 Å². The molecule has 17 heavy (non-hydrogen) atoms. The Morgan fingerprint density at radius 1 is 1.53 bits per heavy atom. The van der Waals surface area contributed by atoms with Crippen molar-refractivity contribution >= 4 is 21.5 Å². The van der Waals surface area contributed by atoms with E-state index >= 15 is 0 Å². The van der Waals surface area contributed by atoms with Crippen molar-refractivity contribution in [3.63, 3.8) is 0 Å². The van der Waals surface area contributed by atoms with Crippen molar-refractivity contribution in [3.05, 3.63) is 45.9 Å². The molecule has 0 spiro atoms. The predicted octanol–water partition coefficient (Wildman–Crippen LogP) is 2.37. The van der Waals surface area contributed by atoms with Crippen molar-refractivity contribution in [2.45, 2.75) is 13.5 Å². The van der Waals surface area contributed by atoms with E-state index in [0.717, 1.165) is 22.7 Å². The molecule has 7 heteroatoms. The second kappa shape index (κ2) is 4.88. The Bertz CT molecular complexity index is 541. The fraction of sp³-hybridized carbons (Fsp3) is 0.200. The van der Waals surface area contributed by atoms with Crippen LogP contribution in [0.5, 0.6) is 0 Å². The van der Waals surface area contributed by atoms with Gasteiger partial charge in [-0.1, -0.05) is 6.07 Å². The first-order chi connectivity index (χ1) is 8.15. The number of anilines is 1. The first-order valence-corrected chi connectivity index (χ1v) is 5.73. The highest BCUT2D eigenvalue weighted by molar-refractivity contribution is 7.18. The highest BCUT2D eigenvalue weighted by Gasteiger charge is 2.10. The van der Waals surface area contributed by atoms with Crippen LogP contribution in [0.1, 0.15) is 11.4 Å². The molecule has 0 bridgehead atoms. The summed E-state index contributed by atoms with van der Waals surface area (Å²) in [7, 11) is 0. The third-order valence-electron chi connectivity index (χ3n) is 2.04. The van der Waals surface area contributed by atoms with Gasteiger partial charge >= 0.3 is 5.00 Å². The van der Waals surface area contributed by atoms with Crippen LogP contribution < -0.4 is 5.32 Å². The second-order valence-corrected chi connectivity index (χ2v) is 4.39. The molecule has 0 aliphatic carbocycles. The monoisotopic (exact) mass is 250 g/mol. The topological polar surface area (TPSA) is 81.0 Å². The normalized spacial score (nSPS) is 10.2. The third-order valence-corrected chi connectivity index (χ3v) is 2.95. The number of pyridine rings is 1. The van der Waals surface area contributed by atoms with Gasteiger partial charge in [0.1, 0.15) is 6.20 Å².